The van der Waals surface area contributed by atoms with E-state index in [1.807, 2.05) is 12.3 Å². The van der Waals surface area contributed by atoms with E-state index in [-0.39, 0.29) is 6.10 Å². The molecule has 0 unspecified atom stereocenters. The zero-order chi connectivity index (χ0) is 14.5. The number of anilines is 1. The summed E-state index contributed by atoms with van der Waals surface area (Å²) in [5.41, 5.74) is 0. The number of aliphatic hydroxyl groups is 1. The molecule has 0 radical (unpaired) electrons. The van der Waals surface area contributed by atoms with Gasteiger partial charge in [0.25, 0.3) is 0 Å². The van der Waals surface area contributed by atoms with Crippen molar-refractivity contribution < 1.29 is 5.11 Å². The van der Waals surface area contributed by atoms with Crippen molar-refractivity contribution in [3.63, 3.8) is 0 Å². The van der Waals surface area contributed by atoms with Gasteiger partial charge in [-0.05, 0) is 63.1 Å². The van der Waals surface area contributed by atoms with Crippen molar-refractivity contribution in [1.82, 2.24) is 10.3 Å². The summed E-state index contributed by atoms with van der Waals surface area (Å²) >= 11 is 0. The average Bonchev–Trinajstić information content (AvgIpc) is 2.56. The van der Waals surface area contributed by atoms with Gasteiger partial charge in [0.2, 0.25) is 0 Å². The predicted molar refractivity (Wildman–Crippen MR) is 85.4 cm³/mol. The smallest absolute Gasteiger partial charge is 0.128 e. The zero-order valence-corrected chi connectivity index (χ0v) is 12.7. The second-order valence-electron chi connectivity index (χ2n) is 6.53. The normalized spacial score (nSPS) is 27.8. The first-order valence-electron chi connectivity index (χ1n) is 8.38. The second kappa shape index (κ2) is 7.23. The Morgan fingerprint density at radius 1 is 1.10 bits per heavy atom. The second-order valence-corrected chi connectivity index (χ2v) is 6.53. The van der Waals surface area contributed by atoms with E-state index in [1.165, 1.54) is 25.7 Å². The molecule has 0 spiro atoms. The SMILES string of the molecule is OC1CCC(CNC2CCN(c3ccccn3)CC2)CC1. The fourth-order valence-electron chi connectivity index (χ4n) is 3.54. The molecule has 0 aromatic carbocycles. The number of nitrogens with zero attached hydrogens (tertiary/aromatic N) is 2. The lowest BCUT2D eigenvalue weighted by Crippen LogP contribution is -2.44. The molecule has 0 bridgehead atoms. The van der Waals surface area contributed by atoms with Crippen molar-refractivity contribution in [3.05, 3.63) is 24.4 Å². The third-order valence-corrected chi connectivity index (χ3v) is 4.98. The highest BCUT2D eigenvalue weighted by atomic mass is 16.3. The molecule has 1 aromatic rings. The molecule has 1 saturated heterocycles. The van der Waals surface area contributed by atoms with Gasteiger partial charge in [-0.3, -0.25) is 0 Å². The van der Waals surface area contributed by atoms with Gasteiger partial charge in [0.15, 0.2) is 0 Å². The minimum absolute atomic E-state index is 0.0390. The van der Waals surface area contributed by atoms with E-state index < -0.39 is 0 Å². The van der Waals surface area contributed by atoms with Crippen LogP contribution in [0.5, 0.6) is 0 Å². The van der Waals surface area contributed by atoms with Crippen LogP contribution in [0.25, 0.3) is 0 Å². The molecule has 3 rings (SSSR count). The van der Waals surface area contributed by atoms with Gasteiger partial charge < -0.3 is 15.3 Å². The van der Waals surface area contributed by atoms with Crippen LogP contribution < -0.4 is 10.2 Å². The van der Waals surface area contributed by atoms with Crippen LogP contribution in [-0.2, 0) is 0 Å². The molecule has 4 nitrogen and oxygen atoms in total. The van der Waals surface area contributed by atoms with Crippen molar-refractivity contribution in [2.75, 3.05) is 24.5 Å². The number of hydrogen-bond donors (Lipinski definition) is 2. The lowest BCUT2D eigenvalue weighted by Gasteiger charge is -2.34. The summed E-state index contributed by atoms with van der Waals surface area (Å²) in [6.45, 7) is 3.32. The summed E-state index contributed by atoms with van der Waals surface area (Å²) in [7, 11) is 0. The van der Waals surface area contributed by atoms with E-state index in [2.05, 4.69) is 27.3 Å². The molecule has 4 heteroatoms. The van der Waals surface area contributed by atoms with Crippen molar-refractivity contribution in [2.45, 2.75) is 50.7 Å². The maximum absolute atomic E-state index is 9.55. The lowest BCUT2D eigenvalue weighted by atomic mass is 9.87. The molecule has 1 aromatic heterocycles. The molecule has 0 amide bonds. The Labute approximate surface area is 127 Å². The van der Waals surface area contributed by atoms with Gasteiger partial charge in [-0.1, -0.05) is 6.07 Å². The Balaban J connectivity index is 1.38. The fourth-order valence-corrected chi connectivity index (χ4v) is 3.54. The van der Waals surface area contributed by atoms with Crippen molar-refractivity contribution in [1.29, 1.82) is 0 Å². The number of nitrogens with one attached hydrogen (secondary N) is 1. The molecule has 2 N–H and O–H groups in total. The van der Waals surface area contributed by atoms with Crippen molar-refractivity contribution >= 4 is 5.82 Å². The topological polar surface area (TPSA) is 48.4 Å². The Morgan fingerprint density at radius 3 is 2.52 bits per heavy atom. The van der Waals surface area contributed by atoms with Gasteiger partial charge in [-0.15, -0.1) is 0 Å². The van der Waals surface area contributed by atoms with E-state index in [9.17, 15) is 5.11 Å². The highest BCUT2D eigenvalue weighted by Crippen LogP contribution is 2.24. The Kier molecular flexibility index (Phi) is 5.09. The molecule has 2 heterocycles. The maximum Gasteiger partial charge on any atom is 0.128 e. The lowest BCUT2D eigenvalue weighted by molar-refractivity contribution is 0.107. The minimum atomic E-state index is -0.0390. The molecular weight excluding hydrogens is 262 g/mol. The Bertz CT molecular complexity index is 409. The van der Waals surface area contributed by atoms with E-state index in [0.717, 1.165) is 44.2 Å². The standard InChI is InChI=1S/C17H27N3O/c21-16-6-4-14(5-7-16)13-19-15-8-11-20(12-9-15)17-3-1-2-10-18-17/h1-3,10,14-16,19,21H,4-9,11-13H2. The van der Waals surface area contributed by atoms with Crippen LogP contribution in [0.3, 0.4) is 0 Å². The monoisotopic (exact) mass is 289 g/mol. The average molecular weight is 289 g/mol. The molecular formula is C17H27N3O. The first-order chi connectivity index (χ1) is 10.3. The van der Waals surface area contributed by atoms with Crippen LogP contribution in [0.2, 0.25) is 0 Å². The Hall–Kier alpha value is -1.13. The summed E-state index contributed by atoms with van der Waals surface area (Å²) in [4.78, 5) is 6.82. The summed E-state index contributed by atoms with van der Waals surface area (Å²) in [6, 6.07) is 6.78. The van der Waals surface area contributed by atoms with Gasteiger partial charge in [-0.2, -0.15) is 0 Å². The fraction of sp³-hybridized carbons (Fsp3) is 0.706. The van der Waals surface area contributed by atoms with E-state index in [0.29, 0.717) is 6.04 Å². The molecule has 1 aliphatic carbocycles. The number of aromatic nitrogens is 1. The van der Waals surface area contributed by atoms with Gasteiger partial charge in [-0.25, -0.2) is 4.98 Å². The first kappa shape index (κ1) is 14.8. The predicted octanol–water partition coefficient (Wildman–Crippen LogP) is 2.19. The highest BCUT2D eigenvalue weighted by molar-refractivity contribution is 5.38. The first-order valence-corrected chi connectivity index (χ1v) is 8.38. The molecule has 2 fully saturated rings. The minimum Gasteiger partial charge on any atom is -0.393 e. The van der Waals surface area contributed by atoms with Crippen LogP contribution in [0.4, 0.5) is 5.82 Å². The van der Waals surface area contributed by atoms with Crippen molar-refractivity contribution in [2.24, 2.45) is 5.92 Å². The van der Waals surface area contributed by atoms with E-state index in [1.54, 1.807) is 0 Å². The quantitative estimate of drug-likeness (QED) is 0.892. The summed E-state index contributed by atoms with van der Waals surface area (Å²) in [5, 5.41) is 13.3. The molecule has 1 aliphatic heterocycles. The molecule has 116 valence electrons. The van der Waals surface area contributed by atoms with Crippen LogP contribution in [-0.4, -0.2) is 41.9 Å². The molecule has 2 aliphatic rings. The van der Waals surface area contributed by atoms with Gasteiger partial charge in [0, 0.05) is 25.3 Å². The number of rotatable bonds is 4. The van der Waals surface area contributed by atoms with Crippen LogP contribution in [0.15, 0.2) is 24.4 Å². The third kappa shape index (κ3) is 4.17. The largest absolute Gasteiger partial charge is 0.393 e. The summed E-state index contributed by atoms with van der Waals surface area (Å²) < 4.78 is 0. The number of pyridine rings is 1. The molecule has 21 heavy (non-hydrogen) atoms. The highest BCUT2D eigenvalue weighted by Gasteiger charge is 2.23. The zero-order valence-electron chi connectivity index (χ0n) is 12.7. The maximum atomic E-state index is 9.55. The van der Waals surface area contributed by atoms with Crippen molar-refractivity contribution in [3.8, 4) is 0 Å². The number of piperidine rings is 1. The van der Waals surface area contributed by atoms with Gasteiger partial charge in [0.1, 0.15) is 5.82 Å². The van der Waals surface area contributed by atoms with Crippen LogP contribution in [0, 0.1) is 5.92 Å². The van der Waals surface area contributed by atoms with E-state index >= 15 is 0 Å². The molecule has 0 atom stereocenters. The third-order valence-electron chi connectivity index (χ3n) is 4.98. The summed E-state index contributed by atoms with van der Waals surface area (Å²) in [5.74, 6) is 1.87. The van der Waals surface area contributed by atoms with Crippen LogP contribution in [0.1, 0.15) is 38.5 Å². The molecule has 1 saturated carbocycles. The van der Waals surface area contributed by atoms with Crippen LogP contribution >= 0.6 is 0 Å². The van der Waals surface area contributed by atoms with Gasteiger partial charge in [0.05, 0.1) is 6.10 Å². The van der Waals surface area contributed by atoms with E-state index in [4.69, 9.17) is 0 Å². The number of aliphatic hydroxyl groups excluding tert-OH is 1. The Morgan fingerprint density at radius 2 is 1.86 bits per heavy atom. The summed E-state index contributed by atoms with van der Waals surface area (Å²) in [6.07, 6.45) is 8.58. The number of hydrogen-bond acceptors (Lipinski definition) is 4. The van der Waals surface area contributed by atoms with Gasteiger partial charge >= 0.3 is 0 Å².